The van der Waals surface area contributed by atoms with Crippen LogP contribution >= 0.6 is 0 Å². The summed E-state index contributed by atoms with van der Waals surface area (Å²) in [5.41, 5.74) is 1.14. The molecule has 1 aromatic rings. The van der Waals surface area contributed by atoms with Crippen LogP contribution in [0.2, 0.25) is 0 Å². The molecule has 2 aliphatic rings. The molecule has 3 rings (SSSR count). The lowest BCUT2D eigenvalue weighted by atomic mass is 10.1. The topological polar surface area (TPSA) is 48.3 Å². The van der Waals surface area contributed by atoms with E-state index in [0.29, 0.717) is 12.8 Å². The predicted octanol–water partition coefficient (Wildman–Crippen LogP) is 0.926. The van der Waals surface area contributed by atoms with Crippen LogP contribution in [0.1, 0.15) is 24.5 Å². The van der Waals surface area contributed by atoms with Gasteiger partial charge in [-0.1, -0.05) is 0 Å². The normalized spacial score (nSPS) is 29.5. The van der Waals surface area contributed by atoms with Gasteiger partial charge in [-0.2, -0.15) is 5.10 Å². The minimum atomic E-state index is 0.139. The molecule has 1 aliphatic carbocycles. The van der Waals surface area contributed by atoms with Gasteiger partial charge in [-0.3, -0.25) is 0 Å². The average Bonchev–Trinajstić information content (AvgIpc) is 3.11. The van der Waals surface area contributed by atoms with Crippen LogP contribution in [0.3, 0.4) is 0 Å². The molecule has 0 bridgehead atoms. The van der Waals surface area contributed by atoms with E-state index in [2.05, 4.69) is 10.4 Å². The number of aromatic nitrogens is 2. The quantitative estimate of drug-likeness (QED) is 0.846. The van der Waals surface area contributed by atoms with Crippen molar-refractivity contribution >= 4 is 0 Å². The van der Waals surface area contributed by atoms with E-state index in [0.717, 1.165) is 24.6 Å². The Bertz CT molecular complexity index is 376. The zero-order valence-electron chi connectivity index (χ0n) is 10.1. The SMILES string of the molecule is COCn1cc([C@H]2CNC[C@@H](C3CC3)O2)cn1. The fraction of sp³-hybridized carbons (Fsp3) is 0.750. The van der Waals surface area contributed by atoms with Crippen molar-refractivity contribution in [1.29, 1.82) is 0 Å². The van der Waals surface area contributed by atoms with Crippen molar-refractivity contribution in [3.8, 4) is 0 Å². The zero-order chi connectivity index (χ0) is 11.7. The Hall–Kier alpha value is -0.910. The minimum absolute atomic E-state index is 0.139. The van der Waals surface area contributed by atoms with Crippen molar-refractivity contribution in [2.24, 2.45) is 5.92 Å². The summed E-state index contributed by atoms with van der Waals surface area (Å²) >= 11 is 0. The van der Waals surface area contributed by atoms with E-state index in [1.165, 1.54) is 12.8 Å². The molecule has 0 unspecified atom stereocenters. The van der Waals surface area contributed by atoms with Gasteiger partial charge >= 0.3 is 0 Å². The third-order valence-electron chi connectivity index (χ3n) is 3.45. The Morgan fingerprint density at radius 3 is 3.18 bits per heavy atom. The molecule has 5 nitrogen and oxygen atoms in total. The number of rotatable bonds is 4. The van der Waals surface area contributed by atoms with E-state index < -0.39 is 0 Å². The largest absolute Gasteiger partial charge is 0.367 e. The Morgan fingerprint density at radius 1 is 1.53 bits per heavy atom. The van der Waals surface area contributed by atoms with Crippen molar-refractivity contribution in [2.75, 3.05) is 20.2 Å². The van der Waals surface area contributed by atoms with Crippen LogP contribution < -0.4 is 5.32 Å². The van der Waals surface area contributed by atoms with Crippen molar-refractivity contribution < 1.29 is 9.47 Å². The summed E-state index contributed by atoms with van der Waals surface area (Å²) in [5, 5.41) is 7.70. The molecular weight excluding hydrogens is 218 g/mol. The van der Waals surface area contributed by atoms with Gasteiger partial charge in [0.25, 0.3) is 0 Å². The minimum Gasteiger partial charge on any atom is -0.367 e. The summed E-state index contributed by atoms with van der Waals surface area (Å²) in [6.07, 6.45) is 7.05. The van der Waals surface area contributed by atoms with Gasteiger partial charge in [0.05, 0.1) is 18.4 Å². The first-order chi connectivity index (χ1) is 8.36. The van der Waals surface area contributed by atoms with Gasteiger partial charge in [0.15, 0.2) is 0 Å². The molecule has 0 radical (unpaired) electrons. The van der Waals surface area contributed by atoms with Gasteiger partial charge in [0, 0.05) is 32.0 Å². The molecular formula is C12H19N3O2. The lowest BCUT2D eigenvalue weighted by Crippen LogP contribution is -2.41. The summed E-state index contributed by atoms with van der Waals surface area (Å²) in [5.74, 6) is 0.777. The fourth-order valence-electron chi connectivity index (χ4n) is 2.35. The first-order valence-electron chi connectivity index (χ1n) is 6.24. The average molecular weight is 237 g/mol. The molecule has 1 N–H and O–H groups in total. The first kappa shape index (κ1) is 11.2. The second kappa shape index (κ2) is 4.76. The molecule has 5 heteroatoms. The lowest BCUT2D eigenvalue weighted by Gasteiger charge is -2.30. The van der Waals surface area contributed by atoms with Crippen LogP contribution in [0, 0.1) is 5.92 Å². The second-order valence-electron chi connectivity index (χ2n) is 4.89. The van der Waals surface area contributed by atoms with E-state index >= 15 is 0 Å². The van der Waals surface area contributed by atoms with Crippen molar-refractivity contribution in [1.82, 2.24) is 15.1 Å². The van der Waals surface area contributed by atoms with Crippen molar-refractivity contribution in [3.05, 3.63) is 18.0 Å². The van der Waals surface area contributed by atoms with E-state index in [-0.39, 0.29) is 6.10 Å². The summed E-state index contributed by atoms with van der Waals surface area (Å²) in [4.78, 5) is 0. The Morgan fingerprint density at radius 2 is 2.41 bits per heavy atom. The smallest absolute Gasteiger partial charge is 0.138 e. The van der Waals surface area contributed by atoms with Gasteiger partial charge in [-0.15, -0.1) is 0 Å². The number of hydrogen-bond donors (Lipinski definition) is 1. The summed E-state index contributed by atoms with van der Waals surface area (Å²) in [7, 11) is 1.67. The third-order valence-corrected chi connectivity index (χ3v) is 3.45. The molecule has 0 aromatic carbocycles. The lowest BCUT2D eigenvalue weighted by molar-refractivity contribution is -0.0494. The van der Waals surface area contributed by atoms with Gasteiger partial charge in [0.2, 0.25) is 0 Å². The molecule has 1 aliphatic heterocycles. The van der Waals surface area contributed by atoms with Crippen LogP contribution in [0.15, 0.2) is 12.4 Å². The van der Waals surface area contributed by atoms with Crippen LogP contribution in [0.25, 0.3) is 0 Å². The molecule has 94 valence electrons. The molecule has 1 saturated heterocycles. The third kappa shape index (κ3) is 2.51. The van der Waals surface area contributed by atoms with Crippen molar-refractivity contribution in [2.45, 2.75) is 31.8 Å². The highest BCUT2D eigenvalue weighted by molar-refractivity contribution is 5.10. The number of methoxy groups -OCH3 is 1. The number of hydrogen-bond acceptors (Lipinski definition) is 4. The maximum Gasteiger partial charge on any atom is 0.138 e. The fourth-order valence-corrected chi connectivity index (χ4v) is 2.35. The molecule has 2 atom stereocenters. The summed E-state index contributed by atoms with van der Waals surface area (Å²) < 4.78 is 13.0. The van der Waals surface area contributed by atoms with E-state index in [9.17, 15) is 0 Å². The van der Waals surface area contributed by atoms with E-state index in [1.54, 1.807) is 11.8 Å². The molecule has 2 fully saturated rings. The number of nitrogens with one attached hydrogen (secondary N) is 1. The molecule has 1 saturated carbocycles. The van der Waals surface area contributed by atoms with Crippen LogP contribution in [0.4, 0.5) is 0 Å². The summed E-state index contributed by atoms with van der Waals surface area (Å²) in [6, 6.07) is 0. The molecule has 17 heavy (non-hydrogen) atoms. The van der Waals surface area contributed by atoms with E-state index in [4.69, 9.17) is 9.47 Å². The van der Waals surface area contributed by atoms with Gasteiger partial charge in [-0.25, -0.2) is 4.68 Å². The van der Waals surface area contributed by atoms with Crippen LogP contribution in [-0.2, 0) is 16.2 Å². The maximum atomic E-state index is 6.13. The van der Waals surface area contributed by atoms with Crippen LogP contribution in [0.5, 0.6) is 0 Å². The predicted molar refractivity (Wildman–Crippen MR) is 62.4 cm³/mol. The monoisotopic (exact) mass is 237 g/mol. The molecule has 0 amide bonds. The van der Waals surface area contributed by atoms with E-state index in [1.807, 2.05) is 12.4 Å². The Kier molecular flexibility index (Phi) is 3.13. The van der Waals surface area contributed by atoms with Crippen molar-refractivity contribution in [3.63, 3.8) is 0 Å². The standard InChI is InChI=1S/C12H19N3O2/c1-16-8-15-7-10(4-14-15)12-6-13-5-11(17-12)9-2-3-9/h4,7,9,11-13H,2-3,5-6,8H2,1H3/t11-,12+/m0/s1. The Labute approximate surface area is 101 Å². The maximum absolute atomic E-state index is 6.13. The second-order valence-corrected chi connectivity index (χ2v) is 4.89. The summed E-state index contributed by atoms with van der Waals surface area (Å²) in [6.45, 7) is 2.36. The first-order valence-corrected chi connectivity index (χ1v) is 6.24. The number of morpholine rings is 1. The van der Waals surface area contributed by atoms with Gasteiger partial charge < -0.3 is 14.8 Å². The number of nitrogens with zero attached hydrogens (tertiary/aromatic N) is 2. The molecule has 0 spiro atoms. The van der Waals surface area contributed by atoms with Gasteiger partial charge in [0.1, 0.15) is 6.73 Å². The highest BCUT2D eigenvalue weighted by Crippen LogP contribution is 2.37. The zero-order valence-corrected chi connectivity index (χ0v) is 10.1. The van der Waals surface area contributed by atoms with Gasteiger partial charge in [-0.05, 0) is 18.8 Å². The van der Waals surface area contributed by atoms with Crippen LogP contribution in [-0.4, -0.2) is 36.1 Å². The number of ether oxygens (including phenoxy) is 2. The molecule has 2 heterocycles. The highest BCUT2D eigenvalue weighted by atomic mass is 16.5. The molecule has 1 aromatic heterocycles. The highest BCUT2D eigenvalue weighted by Gasteiger charge is 2.36. The Balaban J connectivity index is 1.65.